The molecule has 8 nitrogen and oxygen atoms in total. The number of nitrogens with one attached hydrogen (secondary N) is 1. The average Bonchev–Trinajstić information content (AvgIpc) is 3.07. The number of aryl methyl sites for hydroxylation is 1. The molecule has 2 rings (SSSR count). The van der Waals surface area contributed by atoms with Crippen LogP contribution in [0.2, 0.25) is 0 Å². The smallest absolute Gasteiger partial charge is 0.408 e. The molecule has 0 bridgehead atoms. The minimum Gasteiger partial charge on any atom is -0.444 e. The van der Waals surface area contributed by atoms with Crippen LogP contribution >= 0.6 is 0 Å². The molecule has 1 atom stereocenters. The van der Waals surface area contributed by atoms with Crippen LogP contribution in [0.25, 0.3) is 0 Å². The third-order valence-corrected chi connectivity index (χ3v) is 3.40. The van der Waals surface area contributed by atoms with Crippen molar-refractivity contribution in [3.05, 3.63) is 41.5 Å². The second-order valence-electron chi connectivity index (χ2n) is 6.85. The lowest BCUT2D eigenvalue weighted by Crippen LogP contribution is -2.36. The van der Waals surface area contributed by atoms with Crippen LogP contribution in [0.15, 0.2) is 24.3 Å². The maximum Gasteiger partial charge on any atom is 0.408 e. The summed E-state index contributed by atoms with van der Waals surface area (Å²) < 4.78 is 20.4. The summed E-state index contributed by atoms with van der Waals surface area (Å²) in [7, 11) is 0. The number of carbonyl (C=O) groups excluding carboxylic acids is 1. The van der Waals surface area contributed by atoms with Gasteiger partial charge in [0.15, 0.2) is 5.82 Å². The molecule has 0 aliphatic rings. The monoisotopic (exact) mass is 384 g/mol. The molecule has 28 heavy (non-hydrogen) atoms. The number of aromatic nitrogens is 4. The number of benzene rings is 1. The van der Waals surface area contributed by atoms with Gasteiger partial charge in [-0.3, -0.25) is 0 Å². The number of nitriles is 1. The topological polar surface area (TPSA) is 106 Å². The number of nitrogens with zero attached hydrogens (tertiary/aromatic N) is 5. The molecule has 0 unspecified atom stereocenters. The normalized spacial score (nSPS) is 11.7. The molecule has 2 aromatic rings. The van der Waals surface area contributed by atoms with Crippen molar-refractivity contribution in [2.24, 2.45) is 0 Å². The van der Waals surface area contributed by atoms with Gasteiger partial charge in [0, 0.05) is 6.42 Å². The molecule has 1 heterocycles. The van der Waals surface area contributed by atoms with Crippen LogP contribution in [0.3, 0.4) is 0 Å². The Morgan fingerprint density at radius 2 is 2.14 bits per heavy atom. The molecule has 0 aliphatic heterocycles. The van der Waals surface area contributed by atoms with Gasteiger partial charge in [-0.25, -0.2) is 13.9 Å². The first kappa shape index (κ1) is 20.8. The molecule has 0 saturated carbocycles. The van der Waals surface area contributed by atoms with Crippen molar-refractivity contribution in [2.45, 2.75) is 51.8 Å². The predicted octanol–water partition coefficient (Wildman–Crippen LogP) is 2.73. The van der Waals surface area contributed by atoms with Crippen LogP contribution in [-0.4, -0.2) is 31.9 Å². The maximum atomic E-state index is 13.7. The van der Waals surface area contributed by atoms with Crippen LogP contribution in [0, 0.1) is 29.0 Å². The highest BCUT2D eigenvalue weighted by Gasteiger charge is 2.24. The minimum absolute atomic E-state index is 0.126. The van der Waals surface area contributed by atoms with Crippen molar-refractivity contribution in [1.29, 1.82) is 5.26 Å². The lowest BCUT2D eigenvalue weighted by Gasteiger charge is -2.22. The molecule has 9 heteroatoms. The Balaban J connectivity index is 2.22. The summed E-state index contributed by atoms with van der Waals surface area (Å²) in [4.78, 5) is 12.2. The van der Waals surface area contributed by atoms with Crippen molar-refractivity contribution >= 4 is 6.09 Å². The van der Waals surface area contributed by atoms with E-state index in [1.807, 2.05) is 6.07 Å². The summed E-state index contributed by atoms with van der Waals surface area (Å²) in [5.41, 5.74) is -0.428. The van der Waals surface area contributed by atoms with Crippen molar-refractivity contribution in [3.8, 4) is 17.9 Å². The molecular formula is C19H21FN6O2. The van der Waals surface area contributed by atoms with E-state index >= 15 is 0 Å². The summed E-state index contributed by atoms with van der Waals surface area (Å²) in [6.07, 6.45) is -0.321. The number of carbonyl (C=O) groups is 1. The van der Waals surface area contributed by atoms with Gasteiger partial charge in [0.25, 0.3) is 0 Å². The van der Waals surface area contributed by atoms with Gasteiger partial charge in [-0.05, 0) is 43.3 Å². The number of ether oxygens (including phenoxy) is 1. The van der Waals surface area contributed by atoms with E-state index in [9.17, 15) is 9.18 Å². The number of halogens is 1. The number of rotatable bonds is 5. The van der Waals surface area contributed by atoms with Crippen LogP contribution in [0.4, 0.5) is 9.18 Å². The van der Waals surface area contributed by atoms with Crippen LogP contribution in [-0.2, 0) is 11.3 Å². The molecule has 1 amide bonds. The molecule has 1 aromatic carbocycles. The Bertz CT molecular complexity index is 917. The summed E-state index contributed by atoms with van der Waals surface area (Å²) in [5.74, 6) is 5.50. The van der Waals surface area contributed by atoms with Gasteiger partial charge in [0.05, 0.1) is 24.6 Å². The van der Waals surface area contributed by atoms with Crippen molar-refractivity contribution in [2.75, 3.05) is 0 Å². The third kappa shape index (κ3) is 6.36. The van der Waals surface area contributed by atoms with Gasteiger partial charge < -0.3 is 10.1 Å². The Morgan fingerprint density at radius 1 is 1.39 bits per heavy atom. The summed E-state index contributed by atoms with van der Waals surface area (Å²) in [6, 6.07) is 7.48. The highest BCUT2D eigenvalue weighted by atomic mass is 19.1. The first-order valence-electron chi connectivity index (χ1n) is 8.66. The van der Waals surface area contributed by atoms with E-state index in [1.54, 1.807) is 39.0 Å². The van der Waals surface area contributed by atoms with Gasteiger partial charge in [-0.2, -0.15) is 5.26 Å². The van der Waals surface area contributed by atoms with E-state index in [0.29, 0.717) is 5.82 Å². The molecular weight excluding hydrogens is 363 g/mol. The quantitative estimate of drug-likeness (QED) is 0.795. The molecule has 1 aromatic heterocycles. The second kappa shape index (κ2) is 9.47. The largest absolute Gasteiger partial charge is 0.444 e. The fraction of sp³-hybridized carbons (Fsp3) is 0.421. The summed E-state index contributed by atoms with van der Waals surface area (Å²) in [6.45, 7) is 5.51. The second-order valence-corrected chi connectivity index (χ2v) is 6.85. The Labute approximate surface area is 162 Å². The minimum atomic E-state index is -0.692. The predicted molar refractivity (Wildman–Crippen MR) is 98.1 cm³/mol. The molecule has 0 radical (unpaired) electrons. The van der Waals surface area contributed by atoms with E-state index in [1.165, 1.54) is 10.7 Å². The number of alkyl carbamates (subject to hydrolysis) is 1. The Kier molecular flexibility index (Phi) is 7.05. The van der Waals surface area contributed by atoms with E-state index in [2.05, 4.69) is 32.7 Å². The molecule has 1 N–H and O–H groups in total. The summed E-state index contributed by atoms with van der Waals surface area (Å²) in [5, 5.41) is 22.9. The van der Waals surface area contributed by atoms with Crippen molar-refractivity contribution in [3.63, 3.8) is 0 Å². The zero-order valence-electron chi connectivity index (χ0n) is 15.9. The zero-order chi connectivity index (χ0) is 20.6. The number of tetrazole rings is 1. The zero-order valence-corrected chi connectivity index (χ0v) is 15.9. The molecule has 0 aliphatic carbocycles. The third-order valence-electron chi connectivity index (χ3n) is 3.40. The lowest BCUT2D eigenvalue weighted by atomic mass is 10.1. The fourth-order valence-electron chi connectivity index (χ4n) is 2.24. The Hall–Kier alpha value is -3.46. The first-order valence-corrected chi connectivity index (χ1v) is 8.66. The first-order chi connectivity index (χ1) is 13.3. The van der Waals surface area contributed by atoms with Gasteiger partial charge in [-0.15, -0.1) is 5.10 Å². The number of hydrogen-bond acceptors (Lipinski definition) is 6. The molecule has 0 spiro atoms. The van der Waals surface area contributed by atoms with Gasteiger partial charge in [0.1, 0.15) is 17.5 Å². The van der Waals surface area contributed by atoms with Crippen LogP contribution in [0.1, 0.15) is 51.0 Å². The number of amides is 1. The van der Waals surface area contributed by atoms with Crippen molar-refractivity contribution < 1.29 is 13.9 Å². The highest BCUT2D eigenvalue weighted by Crippen LogP contribution is 2.16. The van der Waals surface area contributed by atoms with Crippen LogP contribution < -0.4 is 5.32 Å². The van der Waals surface area contributed by atoms with Crippen LogP contribution in [0.5, 0.6) is 0 Å². The molecule has 0 saturated heterocycles. The van der Waals surface area contributed by atoms with E-state index < -0.39 is 23.6 Å². The van der Waals surface area contributed by atoms with Crippen molar-refractivity contribution in [1.82, 2.24) is 25.5 Å². The Morgan fingerprint density at radius 3 is 2.82 bits per heavy atom. The molecule has 0 fully saturated rings. The molecule has 146 valence electrons. The maximum absolute atomic E-state index is 13.7. The van der Waals surface area contributed by atoms with Gasteiger partial charge in [0.2, 0.25) is 0 Å². The summed E-state index contributed by atoms with van der Waals surface area (Å²) >= 11 is 0. The SMILES string of the molecule is CC(C)(C)OC(=O)N[C@@H](CC#Cc1ccccc1F)c1nnnn1CCC#N. The van der Waals surface area contributed by atoms with E-state index in [4.69, 9.17) is 10.00 Å². The van der Waals surface area contributed by atoms with E-state index in [-0.39, 0.29) is 24.9 Å². The van der Waals surface area contributed by atoms with Gasteiger partial charge >= 0.3 is 6.09 Å². The highest BCUT2D eigenvalue weighted by molar-refractivity contribution is 5.68. The van der Waals surface area contributed by atoms with Gasteiger partial charge in [-0.1, -0.05) is 24.0 Å². The standard InChI is InChI=1S/C19H21FN6O2/c1-19(2,3)28-18(27)22-16(17-23-24-25-26(17)13-7-12-21)11-6-9-14-8-4-5-10-15(14)20/h4-5,8,10,16H,7,11,13H2,1-3H3,(H,22,27)/t16-/m0/s1. The fourth-order valence-corrected chi connectivity index (χ4v) is 2.24. The lowest BCUT2D eigenvalue weighted by molar-refractivity contribution is 0.0501. The number of hydrogen-bond donors (Lipinski definition) is 1. The average molecular weight is 384 g/mol. The van der Waals surface area contributed by atoms with E-state index in [0.717, 1.165) is 0 Å².